The summed E-state index contributed by atoms with van der Waals surface area (Å²) in [6.07, 6.45) is 0. The van der Waals surface area contributed by atoms with Crippen LogP contribution in [0, 0.1) is 13.8 Å². The van der Waals surface area contributed by atoms with E-state index in [0.717, 1.165) is 11.1 Å². The molecule has 0 amide bonds. The van der Waals surface area contributed by atoms with Gasteiger partial charge >= 0.3 is 0 Å². The first-order chi connectivity index (χ1) is 6.54. The number of ketones is 2. The Labute approximate surface area is 82.4 Å². The monoisotopic (exact) mass is 192 g/mol. The molecular formula is C11H12O3. The van der Waals surface area contributed by atoms with Gasteiger partial charge in [-0.05, 0) is 26.0 Å². The van der Waals surface area contributed by atoms with Gasteiger partial charge in [-0.3, -0.25) is 9.59 Å². The highest BCUT2D eigenvalue weighted by molar-refractivity contribution is 6.44. The molecule has 1 N–H and O–H groups in total. The number of aryl methyl sites for hydroxylation is 2. The van der Waals surface area contributed by atoms with Crippen LogP contribution in [0.4, 0.5) is 0 Å². The third-order valence-electron chi connectivity index (χ3n) is 1.88. The van der Waals surface area contributed by atoms with Gasteiger partial charge in [0.1, 0.15) is 6.61 Å². The number of hydrogen-bond donors (Lipinski definition) is 1. The molecule has 0 fully saturated rings. The number of carbonyl (C=O) groups excluding carboxylic acids is 2. The van der Waals surface area contributed by atoms with Crippen LogP contribution in [-0.4, -0.2) is 23.3 Å². The van der Waals surface area contributed by atoms with E-state index in [1.54, 1.807) is 12.1 Å². The van der Waals surface area contributed by atoms with E-state index in [4.69, 9.17) is 5.11 Å². The Hall–Kier alpha value is -1.48. The van der Waals surface area contributed by atoms with Crippen LogP contribution in [0.2, 0.25) is 0 Å². The lowest BCUT2D eigenvalue weighted by atomic mass is 10.0. The van der Waals surface area contributed by atoms with Crippen LogP contribution in [0.15, 0.2) is 18.2 Å². The second kappa shape index (κ2) is 4.15. The zero-order chi connectivity index (χ0) is 10.7. The van der Waals surface area contributed by atoms with Gasteiger partial charge < -0.3 is 5.11 Å². The Morgan fingerprint density at radius 1 is 1.14 bits per heavy atom. The van der Waals surface area contributed by atoms with E-state index in [0.29, 0.717) is 5.56 Å². The van der Waals surface area contributed by atoms with Crippen molar-refractivity contribution in [1.82, 2.24) is 0 Å². The van der Waals surface area contributed by atoms with Gasteiger partial charge in [-0.1, -0.05) is 17.2 Å². The van der Waals surface area contributed by atoms with Gasteiger partial charge in [-0.15, -0.1) is 0 Å². The zero-order valence-electron chi connectivity index (χ0n) is 8.20. The van der Waals surface area contributed by atoms with E-state index in [2.05, 4.69) is 0 Å². The molecule has 0 bridgehead atoms. The van der Waals surface area contributed by atoms with Crippen LogP contribution in [0.5, 0.6) is 0 Å². The molecule has 0 heterocycles. The Kier molecular flexibility index (Phi) is 3.14. The molecule has 74 valence electrons. The van der Waals surface area contributed by atoms with E-state index in [-0.39, 0.29) is 0 Å². The summed E-state index contributed by atoms with van der Waals surface area (Å²) in [4.78, 5) is 22.3. The summed E-state index contributed by atoms with van der Waals surface area (Å²) in [6.45, 7) is 2.98. The summed E-state index contributed by atoms with van der Waals surface area (Å²) in [5.41, 5.74) is 2.21. The molecule has 0 aromatic heterocycles. The average Bonchev–Trinajstić information content (AvgIpc) is 2.14. The van der Waals surface area contributed by atoms with Crippen molar-refractivity contribution in [2.75, 3.05) is 6.61 Å². The largest absolute Gasteiger partial charge is 0.388 e. The molecule has 3 nitrogen and oxygen atoms in total. The lowest BCUT2D eigenvalue weighted by Crippen LogP contribution is -2.17. The van der Waals surface area contributed by atoms with Gasteiger partial charge in [0.25, 0.3) is 0 Å². The van der Waals surface area contributed by atoms with Crippen molar-refractivity contribution < 1.29 is 14.7 Å². The van der Waals surface area contributed by atoms with Gasteiger partial charge in [0, 0.05) is 5.56 Å². The Morgan fingerprint density at radius 2 is 1.64 bits per heavy atom. The maximum Gasteiger partial charge on any atom is 0.231 e. The lowest BCUT2D eigenvalue weighted by molar-refractivity contribution is -0.117. The van der Waals surface area contributed by atoms with Gasteiger partial charge in [-0.2, -0.15) is 0 Å². The molecule has 0 saturated carbocycles. The predicted molar refractivity (Wildman–Crippen MR) is 52.3 cm³/mol. The van der Waals surface area contributed by atoms with E-state index < -0.39 is 18.2 Å². The third kappa shape index (κ3) is 2.26. The number of rotatable bonds is 3. The van der Waals surface area contributed by atoms with Crippen molar-refractivity contribution in [2.45, 2.75) is 13.8 Å². The molecule has 1 rings (SSSR count). The van der Waals surface area contributed by atoms with Crippen LogP contribution in [-0.2, 0) is 4.79 Å². The molecular weight excluding hydrogens is 180 g/mol. The summed E-state index contributed by atoms with van der Waals surface area (Å²) in [6, 6.07) is 5.20. The van der Waals surface area contributed by atoms with Crippen LogP contribution >= 0.6 is 0 Å². The molecule has 0 aliphatic heterocycles. The van der Waals surface area contributed by atoms with E-state index in [1.165, 1.54) is 0 Å². The molecule has 0 spiro atoms. The molecule has 0 atom stereocenters. The fourth-order valence-electron chi connectivity index (χ4n) is 1.34. The van der Waals surface area contributed by atoms with Gasteiger partial charge in [0.15, 0.2) is 0 Å². The topological polar surface area (TPSA) is 54.4 Å². The number of aliphatic hydroxyl groups excluding tert-OH is 1. The lowest BCUT2D eigenvalue weighted by Gasteiger charge is -2.01. The SMILES string of the molecule is Cc1cc(C)cc(C(=O)C(=O)CO)c1. The van der Waals surface area contributed by atoms with E-state index in [9.17, 15) is 9.59 Å². The van der Waals surface area contributed by atoms with E-state index >= 15 is 0 Å². The molecule has 1 aromatic carbocycles. The number of aliphatic hydroxyl groups is 1. The molecule has 0 radical (unpaired) electrons. The molecule has 14 heavy (non-hydrogen) atoms. The fraction of sp³-hybridized carbons (Fsp3) is 0.273. The van der Waals surface area contributed by atoms with Crippen molar-refractivity contribution in [2.24, 2.45) is 0 Å². The molecule has 3 heteroatoms. The van der Waals surface area contributed by atoms with Crippen molar-refractivity contribution in [3.8, 4) is 0 Å². The summed E-state index contributed by atoms with van der Waals surface area (Å²) in [5.74, 6) is -1.39. The maximum absolute atomic E-state index is 11.4. The number of Topliss-reactive ketones (excluding diaryl/α,β-unsaturated/α-hetero) is 2. The number of hydrogen-bond acceptors (Lipinski definition) is 3. The van der Waals surface area contributed by atoms with Crippen LogP contribution in [0.3, 0.4) is 0 Å². The van der Waals surface area contributed by atoms with Crippen LogP contribution < -0.4 is 0 Å². The smallest absolute Gasteiger partial charge is 0.231 e. The average molecular weight is 192 g/mol. The summed E-state index contributed by atoms with van der Waals surface area (Å²) in [5, 5.41) is 8.53. The summed E-state index contributed by atoms with van der Waals surface area (Å²) in [7, 11) is 0. The van der Waals surface area contributed by atoms with Crippen molar-refractivity contribution in [3.05, 3.63) is 34.9 Å². The van der Waals surface area contributed by atoms with Crippen molar-refractivity contribution in [1.29, 1.82) is 0 Å². The molecule has 0 aliphatic rings. The quantitative estimate of drug-likeness (QED) is 0.575. The Bertz CT molecular complexity index is 360. The second-order valence-corrected chi connectivity index (χ2v) is 3.29. The predicted octanol–water partition coefficient (Wildman–Crippen LogP) is 1.05. The Morgan fingerprint density at radius 3 is 2.07 bits per heavy atom. The standard InChI is InChI=1S/C11H12O3/c1-7-3-8(2)5-9(4-7)11(14)10(13)6-12/h3-5,12H,6H2,1-2H3. The molecule has 0 unspecified atom stereocenters. The van der Waals surface area contributed by atoms with Crippen molar-refractivity contribution >= 4 is 11.6 Å². The number of carbonyl (C=O) groups is 2. The normalized spacial score (nSPS) is 9.93. The highest BCUT2D eigenvalue weighted by atomic mass is 16.3. The first kappa shape index (κ1) is 10.6. The molecule has 1 aromatic rings. The van der Waals surface area contributed by atoms with Gasteiger partial charge in [0.2, 0.25) is 11.6 Å². The molecule has 0 saturated heterocycles. The number of benzene rings is 1. The summed E-state index contributed by atoms with van der Waals surface area (Å²) >= 11 is 0. The third-order valence-corrected chi connectivity index (χ3v) is 1.88. The minimum Gasteiger partial charge on any atom is -0.388 e. The van der Waals surface area contributed by atoms with Crippen LogP contribution in [0.25, 0.3) is 0 Å². The molecule has 0 aliphatic carbocycles. The van der Waals surface area contributed by atoms with E-state index in [1.807, 2.05) is 19.9 Å². The maximum atomic E-state index is 11.4. The first-order valence-corrected chi connectivity index (χ1v) is 4.31. The Balaban J connectivity index is 3.07. The van der Waals surface area contributed by atoms with Gasteiger partial charge in [0.05, 0.1) is 0 Å². The highest BCUT2D eigenvalue weighted by Gasteiger charge is 2.14. The fourth-order valence-corrected chi connectivity index (χ4v) is 1.34. The summed E-state index contributed by atoms with van der Waals surface area (Å²) < 4.78 is 0. The van der Waals surface area contributed by atoms with Gasteiger partial charge in [-0.25, -0.2) is 0 Å². The highest BCUT2D eigenvalue weighted by Crippen LogP contribution is 2.09. The van der Waals surface area contributed by atoms with Crippen molar-refractivity contribution in [3.63, 3.8) is 0 Å². The first-order valence-electron chi connectivity index (χ1n) is 4.31. The minimum atomic E-state index is -0.769. The zero-order valence-corrected chi connectivity index (χ0v) is 8.20. The van der Waals surface area contributed by atoms with Crippen LogP contribution in [0.1, 0.15) is 21.5 Å². The second-order valence-electron chi connectivity index (χ2n) is 3.29. The minimum absolute atomic E-state index is 0.349.